The van der Waals surface area contributed by atoms with Crippen LogP contribution in [0.4, 0.5) is 5.69 Å². The molecule has 1 aromatic heterocycles. The van der Waals surface area contributed by atoms with Gasteiger partial charge in [0.2, 0.25) is 0 Å². The second-order valence-corrected chi connectivity index (χ2v) is 5.84. The van der Waals surface area contributed by atoms with Gasteiger partial charge in [0.05, 0.1) is 0 Å². The highest BCUT2D eigenvalue weighted by atomic mass is 16.2. The molecule has 0 aliphatic carbocycles. The van der Waals surface area contributed by atoms with Crippen molar-refractivity contribution in [3.8, 4) is 0 Å². The minimum absolute atomic E-state index is 0.104. The summed E-state index contributed by atoms with van der Waals surface area (Å²) in [5, 5.41) is 0.940. The number of amides is 1. The molecular formula is C20H16N2O2. The summed E-state index contributed by atoms with van der Waals surface area (Å²) < 4.78 is 0. The highest BCUT2D eigenvalue weighted by Gasteiger charge is 2.22. The van der Waals surface area contributed by atoms with E-state index in [-0.39, 0.29) is 11.5 Å². The standard InChI is InChI=1S/C20H16N2O2/c23-19(22-12-11-14-5-2-4-8-18(14)22)10-9-16-13-15-6-1-3-7-17(15)21-20(16)24/h1-10,13H,11-12H2,(H,21,24)/b10-9+. The number of nitrogens with zero attached hydrogens (tertiary/aromatic N) is 1. The highest BCUT2D eigenvalue weighted by molar-refractivity contribution is 6.05. The van der Waals surface area contributed by atoms with Gasteiger partial charge in [0.15, 0.2) is 0 Å². The fourth-order valence-electron chi connectivity index (χ4n) is 3.11. The molecule has 2 heterocycles. The van der Waals surface area contributed by atoms with Gasteiger partial charge in [0, 0.05) is 29.4 Å². The summed E-state index contributed by atoms with van der Waals surface area (Å²) in [6, 6.07) is 17.3. The molecule has 1 aliphatic heterocycles. The number of para-hydroxylation sites is 2. The second-order valence-electron chi connectivity index (χ2n) is 5.84. The van der Waals surface area contributed by atoms with Crippen LogP contribution in [-0.2, 0) is 11.2 Å². The van der Waals surface area contributed by atoms with Gasteiger partial charge in [-0.15, -0.1) is 0 Å². The number of pyridine rings is 1. The lowest BCUT2D eigenvalue weighted by molar-refractivity contribution is -0.114. The zero-order valence-electron chi connectivity index (χ0n) is 13.0. The van der Waals surface area contributed by atoms with E-state index >= 15 is 0 Å². The molecule has 0 saturated carbocycles. The number of benzene rings is 2. The summed E-state index contributed by atoms with van der Waals surface area (Å²) >= 11 is 0. The maximum atomic E-state index is 12.5. The highest BCUT2D eigenvalue weighted by Crippen LogP contribution is 2.27. The van der Waals surface area contributed by atoms with Crippen LogP contribution in [0.1, 0.15) is 11.1 Å². The number of rotatable bonds is 2. The number of anilines is 1. The van der Waals surface area contributed by atoms with Gasteiger partial charge < -0.3 is 9.88 Å². The number of hydrogen-bond acceptors (Lipinski definition) is 2. The third-order valence-electron chi connectivity index (χ3n) is 4.34. The molecule has 0 radical (unpaired) electrons. The van der Waals surface area contributed by atoms with E-state index in [4.69, 9.17) is 0 Å². The van der Waals surface area contributed by atoms with Gasteiger partial charge in [-0.3, -0.25) is 9.59 Å². The monoisotopic (exact) mass is 316 g/mol. The van der Waals surface area contributed by atoms with Crippen LogP contribution in [-0.4, -0.2) is 17.4 Å². The van der Waals surface area contributed by atoms with Crippen LogP contribution >= 0.6 is 0 Å². The summed E-state index contributed by atoms with van der Waals surface area (Å²) in [6.07, 6.45) is 3.93. The summed E-state index contributed by atoms with van der Waals surface area (Å²) in [7, 11) is 0. The lowest BCUT2D eigenvalue weighted by Gasteiger charge is -2.14. The smallest absolute Gasteiger partial charge is 0.255 e. The molecule has 0 bridgehead atoms. The molecule has 3 aromatic rings. The van der Waals surface area contributed by atoms with Crippen molar-refractivity contribution in [2.24, 2.45) is 0 Å². The van der Waals surface area contributed by atoms with Crippen molar-refractivity contribution in [1.82, 2.24) is 4.98 Å². The zero-order valence-corrected chi connectivity index (χ0v) is 13.0. The Bertz CT molecular complexity index is 1020. The van der Waals surface area contributed by atoms with E-state index in [1.165, 1.54) is 11.6 Å². The number of carbonyl (C=O) groups excluding carboxylic acids is 1. The van der Waals surface area contributed by atoms with Crippen LogP contribution in [0.2, 0.25) is 0 Å². The Morgan fingerprint density at radius 3 is 2.79 bits per heavy atom. The van der Waals surface area contributed by atoms with Crippen molar-refractivity contribution in [1.29, 1.82) is 0 Å². The molecule has 0 spiro atoms. The van der Waals surface area contributed by atoms with E-state index in [0.717, 1.165) is 23.0 Å². The number of aromatic nitrogens is 1. The van der Waals surface area contributed by atoms with Crippen molar-refractivity contribution in [2.45, 2.75) is 6.42 Å². The molecule has 1 aliphatic rings. The van der Waals surface area contributed by atoms with Gasteiger partial charge in [-0.25, -0.2) is 0 Å². The van der Waals surface area contributed by atoms with Crippen molar-refractivity contribution < 1.29 is 4.79 Å². The maximum Gasteiger partial charge on any atom is 0.255 e. The predicted molar refractivity (Wildman–Crippen MR) is 96.1 cm³/mol. The van der Waals surface area contributed by atoms with E-state index in [9.17, 15) is 9.59 Å². The normalized spacial score (nSPS) is 13.6. The molecule has 0 atom stereocenters. The first kappa shape index (κ1) is 14.5. The molecule has 0 fully saturated rings. The molecule has 2 aromatic carbocycles. The van der Waals surface area contributed by atoms with Crippen LogP contribution in [0.5, 0.6) is 0 Å². The average molecular weight is 316 g/mol. The molecule has 0 unspecified atom stereocenters. The Labute approximate surface area is 139 Å². The number of carbonyl (C=O) groups is 1. The topological polar surface area (TPSA) is 53.2 Å². The van der Waals surface area contributed by atoms with Crippen LogP contribution in [0.15, 0.2) is 65.5 Å². The largest absolute Gasteiger partial charge is 0.321 e. The van der Waals surface area contributed by atoms with E-state index in [0.29, 0.717) is 12.1 Å². The Morgan fingerprint density at radius 1 is 1.08 bits per heavy atom. The van der Waals surface area contributed by atoms with Crippen LogP contribution in [0.3, 0.4) is 0 Å². The number of nitrogens with one attached hydrogen (secondary N) is 1. The third kappa shape index (κ3) is 2.52. The van der Waals surface area contributed by atoms with Gasteiger partial charge in [-0.1, -0.05) is 36.4 Å². The van der Waals surface area contributed by atoms with Crippen LogP contribution < -0.4 is 10.5 Å². The SMILES string of the molecule is O=C(/C=C/c1cc2ccccc2[nH]c1=O)N1CCc2ccccc21. The summed E-state index contributed by atoms with van der Waals surface area (Å²) in [6.45, 7) is 0.677. The van der Waals surface area contributed by atoms with Crippen molar-refractivity contribution in [2.75, 3.05) is 11.4 Å². The molecule has 4 heteroatoms. The zero-order chi connectivity index (χ0) is 16.5. The Balaban J connectivity index is 1.63. The first-order chi connectivity index (χ1) is 11.7. The minimum atomic E-state index is -0.195. The van der Waals surface area contributed by atoms with Gasteiger partial charge in [-0.2, -0.15) is 0 Å². The third-order valence-corrected chi connectivity index (χ3v) is 4.34. The number of aromatic amines is 1. The average Bonchev–Trinajstić information content (AvgIpc) is 3.04. The molecule has 4 rings (SSSR count). The van der Waals surface area contributed by atoms with E-state index < -0.39 is 0 Å². The van der Waals surface area contributed by atoms with E-state index in [1.54, 1.807) is 17.0 Å². The predicted octanol–water partition coefficient (Wildman–Crippen LogP) is 3.13. The molecular weight excluding hydrogens is 300 g/mol. The molecule has 118 valence electrons. The van der Waals surface area contributed by atoms with Gasteiger partial charge in [0.1, 0.15) is 0 Å². The molecule has 4 nitrogen and oxygen atoms in total. The fourth-order valence-corrected chi connectivity index (χ4v) is 3.11. The number of hydrogen-bond donors (Lipinski definition) is 1. The van der Waals surface area contributed by atoms with Gasteiger partial charge in [-0.05, 0) is 41.6 Å². The first-order valence-corrected chi connectivity index (χ1v) is 7.92. The number of H-pyrrole nitrogens is 1. The van der Waals surface area contributed by atoms with Crippen molar-refractivity contribution in [3.05, 3.63) is 82.2 Å². The van der Waals surface area contributed by atoms with Crippen molar-refractivity contribution in [3.63, 3.8) is 0 Å². The molecule has 0 saturated heterocycles. The van der Waals surface area contributed by atoms with Crippen molar-refractivity contribution >= 4 is 28.6 Å². The molecule has 24 heavy (non-hydrogen) atoms. The Hall–Kier alpha value is -3.14. The maximum absolute atomic E-state index is 12.5. The van der Waals surface area contributed by atoms with Crippen LogP contribution in [0, 0.1) is 0 Å². The summed E-state index contributed by atoms with van der Waals surface area (Å²) in [4.78, 5) is 29.2. The fraction of sp³-hybridized carbons (Fsp3) is 0.100. The lowest BCUT2D eigenvalue weighted by Crippen LogP contribution is -2.26. The quantitative estimate of drug-likeness (QED) is 0.739. The summed E-state index contributed by atoms with van der Waals surface area (Å²) in [5.74, 6) is -0.104. The Kier molecular flexibility index (Phi) is 3.50. The first-order valence-electron chi connectivity index (χ1n) is 7.92. The number of fused-ring (bicyclic) bond motifs is 2. The Morgan fingerprint density at radius 2 is 1.88 bits per heavy atom. The second kappa shape index (κ2) is 5.81. The van der Waals surface area contributed by atoms with Gasteiger partial charge >= 0.3 is 0 Å². The van der Waals surface area contributed by atoms with Crippen LogP contribution in [0.25, 0.3) is 17.0 Å². The molecule has 1 N–H and O–H groups in total. The lowest BCUT2D eigenvalue weighted by atomic mass is 10.1. The minimum Gasteiger partial charge on any atom is -0.321 e. The van der Waals surface area contributed by atoms with Gasteiger partial charge in [0.25, 0.3) is 11.5 Å². The molecule has 1 amide bonds. The summed E-state index contributed by atoms with van der Waals surface area (Å²) in [5.41, 5.74) is 3.22. The van der Waals surface area contributed by atoms with E-state index in [1.807, 2.05) is 48.5 Å². The van der Waals surface area contributed by atoms with E-state index in [2.05, 4.69) is 4.98 Å².